The van der Waals surface area contributed by atoms with Crippen molar-refractivity contribution >= 4 is 5.91 Å². The van der Waals surface area contributed by atoms with Crippen molar-refractivity contribution in [3.05, 3.63) is 40.8 Å². The lowest BCUT2D eigenvalue weighted by Crippen LogP contribution is -2.47. The van der Waals surface area contributed by atoms with Crippen molar-refractivity contribution in [1.29, 1.82) is 0 Å². The SMILES string of the molecule is CC(NC(=O)CC1CC(CN=O)OC(C)(C)O1)c1ccccc1. The molecule has 1 aromatic carbocycles. The molecule has 3 atom stereocenters. The summed E-state index contributed by atoms with van der Waals surface area (Å²) in [5, 5.41) is 5.87. The standard InChI is InChI=1S/C17H24N2O4/c1-12(13-7-5-4-6-8-13)19-16(20)10-14-9-15(11-18-21)23-17(2,3)22-14/h4-8,12,14-15H,9-11H2,1-3H3,(H,19,20). The lowest BCUT2D eigenvalue weighted by atomic mass is 10.0. The van der Waals surface area contributed by atoms with Gasteiger partial charge in [-0.05, 0) is 26.3 Å². The first-order valence-electron chi connectivity index (χ1n) is 7.88. The summed E-state index contributed by atoms with van der Waals surface area (Å²) in [4.78, 5) is 22.7. The minimum atomic E-state index is -0.816. The van der Waals surface area contributed by atoms with Crippen LogP contribution in [0.3, 0.4) is 0 Å². The number of ether oxygens (including phenoxy) is 2. The van der Waals surface area contributed by atoms with Crippen LogP contribution in [-0.2, 0) is 14.3 Å². The highest BCUT2D eigenvalue weighted by Crippen LogP contribution is 2.28. The molecule has 1 aliphatic rings. The fourth-order valence-electron chi connectivity index (χ4n) is 2.87. The van der Waals surface area contributed by atoms with E-state index in [-0.39, 0.29) is 37.1 Å². The Labute approximate surface area is 136 Å². The van der Waals surface area contributed by atoms with Gasteiger partial charge in [0.05, 0.1) is 24.7 Å². The van der Waals surface area contributed by atoms with Crippen molar-refractivity contribution in [2.45, 2.75) is 57.6 Å². The van der Waals surface area contributed by atoms with Crippen LogP contribution in [0.4, 0.5) is 0 Å². The second-order valence-corrected chi connectivity index (χ2v) is 6.33. The highest BCUT2D eigenvalue weighted by atomic mass is 16.7. The Morgan fingerprint density at radius 3 is 2.61 bits per heavy atom. The lowest BCUT2D eigenvalue weighted by molar-refractivity contribution is -0.296. The molecular weight excluding hydrogens is 296 g/mol. The molecule has 0 radical (unpaired) electrons. The number of amides is 1. The molecule has 126 valence electrons. The number of hydrogen-bond acceptors (Lipinski definition) is 5. The molecule has 0 aromatic heterocycles. The Hall–Kier alpha value is -1.79. The van der Waals surface area contributed by atoms with E-state index in [9.17, 15) is 9.70 Å². The average molecular weight is 320 g/mol. The largest absolute Gasteiger partial charge is 0.350 e. The highest BCUT2D eigenvalue weighted by molar-refractivity contribution is 5.77. The predicted molar refractivity (Wildman–Crippen MR) is 86.7 cm³/mol. The van der Waals surface area contributed by atoms with Gasteiger partial charge in [0.2, 0.25) is 5.91 Å². The Morgan fingerprint density at radius 2 is 1.96 bits per heavy atom. The third-order valence-corrected chi connectivity index (χ3v) is 3.80. The van der Waals surface area contributed by atoms with E-state index < -0.39 is 5.79 Å². The average Bonchev–Trinajstić information content (AvgIpc) is 2.46. The molecule has 0 spiro atoms. The fourth-order valence-corrected chi connectivity index (χ4v) is 2.87. The van der Waals surface area contributed by atoms with E-state index in [2.05, 4.69) is 10.5 Å². The molecule has 1 heterocycles. The predicted octanol–water partition coefficient (Wildman–Crippen LogP) is 2.93. The zero-order chi connectivity index (χ0) is 16.9. The van der Waals surface area contributed by atoms with Crippen LogP contribution >= 0.6 is 0 Å². The summed E-state index contributed by atoms with van der Waals surface area (Å²) in [5.74, 6) is -0.897. The minimum Gasteiger partial charge on any atom is -0.350 e. The smallest absolute Gasteiger partial charge is 0.223 e. The first-order chi connectivity index (χ1) is 10.9. The quantitative estimate of drug-likeness (QED) is 0.818. The van der Waals surface area contributed by atoms with Gasteiger partial charge in [-0.2, -0.15) is 4.91 Å². The molecule has 0 saturated carbocycles. The van der Waals surface area contributed by atoms with Crippen LogP contribution in [0, 0.1) is 4.91 Å². The molecule has 23 heavy (non-hydrogen) atoms. The van der Waals surface area contributed by atoms with Crippen LogP contribution in [0.2, 0.25) is 0 Å². The van der Waals surface area contributed by atoms with Crippen LogP contribution in [-0.4, -0.2) is 30.4 Å². The van der Waals surface area contributed by atoms with Crippen molar-refractivity contribution in [3.63, 3.8) is 0 Å². The highest BCUT2D eigenvalue weighted by Gasteiger charge is 2.36. The maximum atomic E-state index is 12.3. The van der Waals surface area contributed by atoms with Crippen molar-refractivity contribution in [3.8, 4) is 0 Å². The number of hydrogen-bond donors (Lipinski definition) is 1. The molecule has 1 N–H and O–H groups in total. The molecule has 1 aromatic rings. The van der Waals surface area contributed by atoms with Gasteiger partial charge in [-0.1, -0.05) is 35.5 Å². The molecule has 1 aliphatic heterocycles. The summed E-state index contributed by atoms with van der Waals surface area (Å²) in [6, 6.07) is 9.72. The molecule has 1 saturated heterocycles. The maximum Gasteiger partial charge on any atom is 0.223 e. The van der Waals surface area contributed by atoms with E-state index in [0.717, 1.165) is 5.56 Å². The Kier molecular flexibility index (Phi) is 5.85. The summed E-state index contributed by atoms with van der Waals surface area (Å²) >= 11 is 0. The van der Waals surface area contributed by atoms with Crippen LogP contribution in [0.25, 0.3) is 0 Å². The molecular formula is C17H24N2O4. The summed E-state index contributed by atoms with van der Waals surface area (Å²) < 4.78 is 11.4. The van der Waals surface area contributed by atoms with E-state index in [0.29, 0.717) is 6.42 Å². The van der Waals surface area contributed by atoms with Crippen LogP contribution in [0.15, 0.2) is 35.5 Å². The first-order valence-corrected chi connectivity index (χ1v) is 7.88. The van der Waals surface area contributed by atoms with E-state index in [1.807, 2.05) is 37.3 Å². The first kappa shape index (κ1) is 17.6. The number of benzene rings is 1. The zero-order valence-corrected chi connectivity index (χ0v) is 13.8. The molecule has 0 aliphatic carbocycles. The van der Waals surface area contributed by atoms with Crippen LogP contribution in [0.5, 0.6) is 0 Å². The van der Waals surface area contributed by atoms with Gasteiger partial charge in [0, 0.05) is 6.42 Å². The molecule has 1 fully saturated rings. The third-order valence-electron chi connectivity index (χ3n) is 3.80. The van der Waals surface area contributed by atoms with Crippen LogP contribution in [0.1, 0.15) is 45.2 Å². The number of rotatable bonds is 6. The summed E-state index contributed by atoms with van der Waals surface area (Å²) in [6.07, 6.45) is 0.135. The zero-order valence-electron chi connectivity index (χ0n) is 13.8. The molecule has 6 heteroatoms. The second kappa shape index (κ2) is 7.66. The van der Waals surface area contributed by atoms with Crippen molar-refractivity contribution < 1.29 is 14.3 Å². The monoisotopic (exact) mass is 320 g/mol. The summed E-state index contributed by atoms with van der Waals surface area (Å²) in [7, 11) is 0. The van der Waals surface area contributed by atoms with Gasteiger partial charge < -0.3 is 14.8 Å². The normalized spacial score (nSPS) is 24.7. The number of nitrogens with zero attached hydrogens (tertiary/aromatic N) is 1. The van der Waals surface area contributed by atoms with Crippen molar-refractivity contribution in [1.82, 2.24) is 5.32 Å². The lowest BCUT2D eigenvalue weighted by Gasteiger charge is -2.40. The van der Waals surface area contributed by atoms with Gasteiger partial charge >= 0.3 is 0 Å². The fraction of sp³-hybridized carbons (Fsp3) is 0.588. The summed E-state index contributed by atoms with van der Waals surface area (Å²) in [6.45, 7) is 5.58. The van der Waals surface area contributed by atoms with Gasteiger partial charge in [-0.15, -0.1) is 0 Å². The molecule has 0 bridgehead atoms. The van der Waals surface area contributed by atoms with Gasteiger partial charge in [-0.3, -0.25) is 4.79 Å². The van der Waals surface area contributed by atoms with Crippen molar-refractivity contribution in [2.24, 2.45) is 5.18 Å². The molecule has 6 nitrogen and oxygen atoms in total. The van der Waals surface area contributed by atoms with Crippen LogP contribution < -0.4 is 5.32 Å². The molecule has 3 unspecified atom stereocenters. The van der Waals surface area contributed by atoms with Gasteiger partial charge in [-0.25, -0.2) is 0 Å². The third kappa shape index (κ3) is 5.41. The minimum absolute atomic E-state index is 0.0658. The number of nitroso groups, excluding NO2 is 1. The van der Waals surface area contributed by atoms with Gasteiger partial charge in [0.25, 0.3) is 0 Å². The molecule has 1 amide bonds. The molecule has 2 rings (SSSR count). The Bertz CT molecular complexity index is 533. The van der Waals surface area contributed by atoms with Crippen molar-refractivity contribution in [2.75, 3.05) is 6.54 Å². The number of carbonyl (C=O) groups is 1. The topological polar surface area (TPSA) is 77.0 Å². The van der Waals surface area contributed by atoms with Gasteiger partial charge in [0.15, 0.2) is 5.79 Å². The summed E-state index contributed by atoms with van der Waals surface area (Å²) in [5.41, 5.74) is 1.05. The Balaban J connectivity index is 1.90. The second-order valence-electron chi connectivity index (χ2n) is 6.33. The van der Waals surface area contributed by atoms with E-state index in [4.69, 9.17) is 9.47 Å². The van der Waals surface area contributed by atoms with Gasteiger partial charge in [0.1, 0.15) is 6.54 Å². The number of carbonyl (C=O) groups excluding carboxylic acids is 1. The Morgan fingerprint density at radius 1 is 1.30 bits per heavy atom. The maximum absolute atomic E-state index is 12.3. The number of nitrogens with one attached hydrogen (secondary N) is 1. The van der Waals surface area contributed by atoms with E-state index in [1.54, 1.807) is 13.8 Å². The van der Waals surface area contributed by atoms with E-state index >= 15 is 0 Å². The van der Waals surface area contributed by atoms with E-state index in [1.165, 1.54) is 0 Å².